The van der Waals surface area contributed by atoms with E-state index in [0.717, 1.165) is 18.4 Å². The summed E-state index contributed by atoms with van der Waals surface area (Å²) in [4.78, 5) is 20.4. The topological polar surface area (TPSA) is 130 Å². The van der Waals surface area contributed by atoms with Crippen molar-refractivity contribution in [2.45, 2.75) is 25.5 Å². The maximum absolute atomic E-state index is 11.3. The summed E-state index contributed by atoms with van der Waals surface area (Å²) in [6.07, 6.45) is -0.497. The molecule has 0 amide bonds. The molecule has 0 bridgehead atoms. The van der Waals surface area contributed by atoms with Crippen LogP contribution in [0, 0.1) is 20.2 Å². The molecular weight excluding hydrogens is 304 g/mol. The molecule has 0 N–H and O–H groups in total. The second kappa shape index (κ2) is 6.59. The van der Waals surface area contributed by atoms with E-state index in [1.165, 1.54) is 19.1 Å². The Kier molecular flexibility index (Phi) is 5.33. The number of rotatable bonds is 7. The Morgan fingerprint density at radius 3 is 2.05 bits per heavy atom. The summed E-state index contributed by atoms with van der Waals surface area (Å²) in [6, 6.07) is 3.50. The summed E-state index contributed by atoms with van der Waals surface area (Å²) < 4.78 is 27.4. The average Bonchev–Trinajstić information content (AvgIpc) is 2.36. The Hall–Kier alpha value is -2.07. The van der Waals surface area contributed by atoms with Gasteiger partial charge in [0.15, 0.2) is 6.10 Å². The molecule has 116 valence electrons. The summed E-state index contributed by atoms with van der Waals surface area (Å²) in [5.74, 6) is 0. The molecule has 0 saturated carbocycles. The molecule has 0 spiro atoms. The predicted octanol–water partition coefficient (Wildman–Crippen LogP) is 1.67. The van der Waals surface area contributed by atoms with Crippen LogP contribution in [-0.2, 0) is 14.3 Å². The van der Waals surface area contributed by atoms with Gasteiger partial charge in [-0.2, -0.15) is 8.42 Å². The average molecular weight is 318 g/mol. The SMILES string of the molecule is CC[C@H]([C@H](OS(C)(=O)=O)c1ccc([N+](=O)[O-])cc1)[N+](=O)[O-]. The van der Waals surface area contributed by atoms with E-state index in [1.807, 2.05) is 0 Å². The van der Waals surface area contributed by atoms with E-state index in [1.54, 1.807) is 0 Å². The molecule has 0 saturated heterocycles. The van der Waals surface area contributed by atoms with Gasteiger partial charge in [-0.05, 0) is 17.7 Å². The third-order valence-corrected chi connectivity index (χ3v) is 3.31. The van der Waals surface area contributed by atoms with E-state index < -0.39 is 32.1 Å². The van der Waals surface area contributed by atoms with E-state index in [0.29, 0.717) is 0 Å². The van der Waals surface area contributed by atoms with E-state index in [2.05, 4.69) is 0 Å². The molecule has 0 aliphatic rings. The van der Waals surface area contributed by atoms with Gasteiger partial charge in [0.05, 0.1) is 11.2 Å². The first-order valence-electron chi connectivity index (χ1n) is 5.91. The second-order valence-corrected chi connectivity index (χ2v) is 5.93. The maximum atomic E-state index is 11.3. The van der Waals surface area contributed by atoms with E-state index in [4.69, 9.17) is 4.18 Å². The molecule has 0 heterocycles. The molecule has 0 aliphatic carbocycles. The van der Waals surface area contributed by atoms with Gasteiger partial charge in [0.2, 0.25) is 6.04 Å². The van der Waals surface area contributed by atoms with Crippen molar-refractivity contribution in [2.75, 3.05) is 6.26 Å². The Bertz CT molecular complexity index is 626. The minimum absolute atomic E-state index is 0.0458. The van der Waals surface area contributed by atoms with Gasteiger partial charge in [-0.15, -0.1) is 0 Å². The lowest BCUT2D eigenvalue weighted by molar-refractivity contribution is -0.534. The Balaban J connectivity index is 3.22. The molecular formula is C11H14N2O7S. The van der Waals surface area contributed by atoms with Gasteiger partial charge >= 0.3 is 0 Å². The van der Waals surface area contributed by atoms with E-state index >= 15 is 0 Å². The summed E-state index contributed by atoms with van der Waals surface area (Å²) in [5, 5.41) is 21.6. The van der Waals surface area contributed by atoms with E-state index in [-0.39, 0.29) is 17.7 Å². The first kappa shape index (κ1) is 17.0. The van der Waals surface area contributed by atoms with Crippen LogP contribution in [0.1, 0.15) is 25.0 Å². The number of nitrogens with zero attached hydrogens (tertiary/aromatic N) is 2. The molecule has 0 fully saturated rings. The molecule has 21 heavy (non-hydrogen) atoms. The number of benzene rings is 1. The molecule has 1 aromatic rings. The standard InChI is InChI=1S/C11H14N2O7S/c1-3-10(13(16)17)11(20-21(2,18)19)8-4-6-9(7-5-8)12(14)15/h4-7,10-11H,3H2,1-2H3/t10-,11-/m1/s1. The quantitative estimate of drug-likeness (QED) is 0.424. The monoisotopic (exact) mass is 318 g/mol. The zero-order valence-corrected chi connectivity index (χ0v) is 12.1. The fraction of sp³-hybridized carbons (Fsp3) is 0.455. The predicted molar refractivity (Wildman–Crippen MR) is 72.8 cm³/mol. The highest BCUT2D eigenvalue weighted by Crippen LogP contribution is 2.28. The third kappa shape index (κ3) is 4.76. The molecule has 0 aliphatic heterocycles. The Morgan fingerprint density at radius 2 is 1.71 bits per heavy atom. The van der Waals surface area contributed by atoms with Crippen LogP contribution < -0.4 is 0 Å². The lowest BCUT2D eigenvalue weighted by Gasteiger charge is -2.19. The number of hydrogen-bond donors (Lipinski definition) is 0. The first-order valence-corrected chi connectivity index (χ1v) is 7.73. The van der Waals surface area contributed by atoms with Crippen molar-refractivity contribution in [1.29, 1.82) is 0 Å². The molecule has 2 atom stereocenters. The van der Waals surface area contributed by atoms with Crippen LogP contribution in [0.15, 0.2) is 24.3 Å². The maximum Gasteiger partial charge on any atom is 0.269 e. The smallest absolute Gasteiger partial charge is 0.264 e. The van der Waals surface area contributed by atoms with Crippen molar-refractivity contribution in [1.82, 2.24) is 0 Å². The van der Waals surface area contributed by atoms with Crippen molar-refractivity contribution < 1.29 is 22.4 Å². The fourth-order valence-electron chi connectivity index (χ4n) is 1.79. The van der Waals surface area contributed by atoms with Gasteiger partial charge in [-0.1, -0.05) is 6.92 Å². The van der Waals surface area contributed by atoms with Crippen molar-refractivity contribution in [2.24, 2.45) is 0 Å². The highest BCUT2D eigenvalue weighted by molar-refractivity contribution is 7.86. The lowest BCUT2D eigenvalue weighted by atomic mass is 10.0. The second-order valence-electron chi connectivity index (χ2n) is 4.33. The van der Waals surface area contributed by atoms with Crippen LogP contribution in [-0.4, -0.2) is 30.6 Å². The van der Waals surface area contributed by atoms with Crippen LogP contribution >= 0.6 is 0 Å². The minimum Gasteiger partial charge on any atom is -0.264 e. The zero-order valence-electron chi connectivity index (χ0n) is 11.3. The van der Waals surface area contributed by atoms with Crippen LogP contribution in [0.25, 0.3) is 0 Å². The Labute approximate surface area is 121 Å². The van der Waals surface area contributed by atoms with Gasteiger partial charge in [-0.3, -0.25) is 24.4 Å². The fourth-order valence-corrected chi connectivity index (χ4v) is 2.41. The largest absolute Gasteiger partial charge is 0.269 e. The van der Waals surface area contributed by atoms with Crippen molar-refractivity contribution in [3.8, 4) is 0 Å². The van der Waals surface area contributed by atoms with Gasteiger partial charge in [0.1, 0.15) is 0 Å². The first-order chi connectivity index (χ1) is 9.65. The summed E-state index contributed by atoms with van der Waals surface area (Å²) >= 11 is 0. The zero-order chi connectivity index (χ0) is 16.2. The van der Waals surface area contributed by atoms with Crippen LogP contribution in [0.2, 0.25) is 0 Å². The van der Waals surface area contributed by atoms with Crippen LogP contribution in [0.4, 0.5) is 5.69 Å². The van der Waals surface area contributed by atoms with Gasteiger partial charge in [0.25, 0.3) is 15.8 Å². The normalized spacial score (nSPS) is 14.4. The molecule has 10 heteroatoms. The molecule has 1 rings (SSSR count). The summed E-state index contributed by atoms with van der Waals surface area (Å²) in [5.41, 5.74) is -0.0133. The number of nitro benzene ring substituents is 1. The lowest BCUT2D eigenvalue weighted by Crippen LogP contribution is -2.30. The minimum atomic E-state index is -3.92. The number of nitro groups is 2. The molecule has 0 aromatic heterocycles. The highest BCUT2D eigenvalue weighted by Gasteiger charge is 2.35. The number of hydrogen-bond acceptors (Lipinski definition) is 7. The van der Waals surface area contributed by atoms with E-state index in [9.17, 15) is 28.6 Å². The van der Waals surface area contributed by atoms with Gasteiger partial charge in [0, 0.05) is 23.5 Å². The molecule has 1 aromatic carbocycles. The van der Waals surface area contributed by atoms with Crippen LogP contribution in [0.3, 0.4) is 0 Å². The highest BCUT2D eigenvalue weighted by atomic mass is 32.2. The third-order valence-electron chi connectivity index (χ3n) is 2.75. The number of non-ortho nitro benzene ring substituents is 1. The van der Waals surface area contributed by atoms with Crippen molar-refractivity contribution in [3.63, 3.8) is 0 Å². The molecule has 0 radical (unpaired) electrons. The molecule has 0 unspecified atom stereocenters. The van der Waals surface area contributed by atoms with Crippen LogP contribution in [0.5, 0.6) is 0 Å². The van der Waals surface area contributed by atoms with Crippen molar-refractivity contribution in [3.05, 3.63) is 50.1 Å². The van der Waals surface area contributed by atoms with Gasteiger partial charge in [-0.25, -0.2) is 0 Å². The summed E-state index contributed by atoms with van der Waals surface area (Å²) in [7, 11) is -3.92. The molecule has 9 nitrogen and oxygen atoms in total. The van der Waals surface area contributed by atoms with Gasteiger partial charge < -0.3 is 0 Å². The Morgan fingerprint density at radius 1 is 1.19 bits per heavy atom. The van der Waals surface area contributed by atoms with Crippen molar-refractivity contribution >= 4 is 15.8 Å². The summed E-state index contributed by atoms with van der Waals surface area (Å²) in [6.45, 7) is 1.53.